The minimum atomic E-state index is -0.908. The van der Waals surface area contributed by atoms with Crippen molar-refractivity contribution in [2.45, 2.75) is 33.1 Å². The van der Waals surface area contributed by atoms with Crippen LogP contribution in [0.3, 0.4) is 0 Å². The van der Waals surface area contributed by atoms with Gasteiger partial charge in [0.2, 0.25) is 0 Å². The standard InChI is InChI=1S/C16H20FNO3/c1-3-16(15(20)21)7-4-8-18(10-16)14(19)12-6-5-11(2)9-13(12)17/h5-6,9H,3-4,7-8,10H2,1-2H3,(H,20,21). The summed E-state index contributed by atoms with van der Waals surface area (Å²) in [6, 6.07) is 4.47. The molecule has 114 valence electrons. The van der Waals surface area contributed by atoms with E-state index in [0.29, 0.717) is 25.8 Å². The summed E-state index contributed by atoms with van der Waals surface area (Å²) in [6.45, 7) is 4.19. The summed E-state index contributed by atoms with van der Waals surface area (Å²) in [4.78, 5) is 25.4. The quantitative estimate of drug-likeness (QED) is 0.932. The number of hydrogen-bond acceptors (Lipinski definition) is 2. The van der Waals surface area contributed by atoms with Crippen molar-refractivity contribution in [3.63, 3.8) is 0 Å². The first-order valence-corrected chi connectivity index (χ1v) is 7.18. The van der Waals surface area contributed by atoms with Gasteiger partial charge < -0.3 is 10.0 Å². The number of benzene rings is 1. The molecular formula is C16H20FNO3. The van der Waals surface area contributed by atoms with Crippen LogP contribution in [0.25, 0.3) is 0 Å². The molecule has 1 aromatic rings. The Hall–Kier alpha value is -1.91. The zero-order chi connectivity index (χ0) is 15.6. The van der Waals surface area contributed by atoms with Crippen molar-refractivity contribution in [1.29, 1.82) is 0 Å². The lowest BCUT2D eigenvalue weighted by Crippen LogP contribution is -2.49. The van der Waals surface area contributed by atoms with Crippen LogP contribution in [0.2, 0.25) is 0 Å². The number of piperidine rings is 1. The first kappa shape index (κ1) is 15.5. The van der Waals surface area contributed by atoms with E-state index in [1.165, 1.54) is 17.0 Å². The lowest BCUT2D eigenvalue weighted by molar-refractivity contribution is -0.152. The number of rotatable bonds is 3. The zero-order valence-electron chi connectivity index (χ0n) is 12.4. The molecule has 1 fully saturated rings. The SMILES string of the molecule is CCC1(C(=O)O)CCCN(C(=O)c2ccc(C)cc2F)C1. The zero-order valence-corrected chi connectivity index (χ0v) is 12.4. The average Bonchev–Trinajstić information content (AvgIpc) is 2.46. The van der Waals surface area contributed by atoms with Crippen molar-refractivity contribution in [3.8, 4) is 0 Å². The fourth-order valence-electron chi connectivity index (χ4n) is 2.88. The van der Waals surface area contributed by atoms with Gasteiger partial charge in [0.25, 0.3) is 5.91 Å². The molecule has 1 aliphatic rings. The molecule has 0 spiro atoms. The number of amides is 1. The van der Waals surface area contributed by atoms with Gasteiger partial charge in [-0.05, 0) is 43.9 Å². The van der Waals surface area contributed by atoms with Crippen molar-refractivity contribution in [3.05, 3.63) is 35.1 Å². The first-order valence-electron chi connectivity index (χ1n) is 7.18. The van der Waals surface area contributed by atoms with Crippen LogP contribution in [-0.2, 0) is 4.79 Å². The van der Waals surface area contributed by atoms with Gasteiger partial charge in [-0.1, -0.05) is 13.0 Å². The summed E-state index contributed by atoms with van der Waals surface area (Å²) in [6.07, 6.45) is 1.64. The molecule has 1 aromatic carbocycles. The normalized spacial score (nSPS) is 22.1. The summed E-state index contributed by atoms with van der Waals surface area (Å²) < 4.78 is 13.9. The van der Waals surface area contributed by atoms with Crippen LogP contribution in [0, 0.1) is 18.2 Å². The van der Waals surface area contributed by atoms with Crippen LogP contribution < -0.4 is 0 Å². The highest BCUT2D eigenvalue weighted by molar-refractivity contribution is 5.95. The Balaban J connectivity index is 2.25. The molecule has 1 amide bonds. The predicted molar refractivity (Wildman–Crippen MR) is 76.6 cm³/mol. The average molecular weight is 293 g/mol. The van der Waals surface area contributed by atoms with Crippen molar-refractivity contribution in [2.75, 3.05) is 13.1 Å². The molecule has 0 bridgehead atoms. The maximum atomic E-state index is 13.9. The molecule has 1 N–H and O–H groups in total. The van der Waals surface area contributed by atoms with E-state index >= 15 is 0 Å². The van der Waals surface area contributed by atoms with Gasteiger partial charge in [0.05, 0.1) is 11.0 Å². The third-order valence-corrected chi connectivity index (χ3v) is 4.35. The maximum absolute atomic E-state index is 13.9. The number of carbonyl (C=O) groups excluding carboxylic acids is 1. The fourth-order valence-corrected chi connectivity index (χ4v) is 2.88. The largest absolute Gasteiger partial charge is 0.481 e. The number of likely N-dealkylation sites (tertiary alicyclic amines) is 1. The van der Waals surface area contributed by atoms with E-state index in [4.69, 9.17) is 0 Å². The predicted octanol–water partition coefficient (Wildman–Crippen LogP) is 2.85. The summed E-state index contributed by atoms with van der Waals surface area (Å²) >= 11 is 0. The third kappa shape index (κ3) is 2.91. The topological polar surface area (TPSA) is 57.6 Å². The van der Waals surface area contributed by atoms with Crippen LogP contribution in [0.4, 0.5) is 4.39 Å². The number of aliphatic carboxylic acids is 1. The lowest BCUT2D eigenvalue weighted by Gasteiger charge is -2.39. The Labute approximate surface area is 123 Å². The lowest BCUT2D eigenvalue weighted by atomic mass is 9.77. The molecular weight excluding hydrogens is 273 g/mol. The molecule has 0 aromatic heterocycles. The Morgan fingerprint density at radius 2 is 2.14 bits per heavy atom. The van der Waals surface area contributed by atoms with Crippen molar-refractivity contribution < 1.29 is 19.1 Å². The monoisotopic (exact) mass is 293 g/mol. The number of hydrogen-bond donors (Lipinski definition) is 1. The Bertz CT molecular complexity index is 573. The summed E-state index contributed by atoms with van der Waals surface area (Å²) in [5.74, 6) is -1.86. The van der Waals surface area contributed by atoms with Crippen LogP contribution in [0.15, 0.2) is 18.2 Å². The summed E-state index contributed by atoms with van der Waals surface area (Å²) in [7, 11) is 0. The molecule has 0 aliphatic carbocycles. The molecule has 5 heteroatoms. The number of carbonyl (C=O) groups is 2. The molecule has 1 unspecified atom stereocenters. The van der Waals surface area contributed by atoms with Crippen LogP contribution in [-0.4, -0.2) is 35.0 Å². The molecule has 0 radical (unpaired) electrons. The van der Waals surface area contributed by atoms with Gasteiger partial charge in [0.15, 0.2) is 0 Å². The van der Waals surface area contributed by atoms with E-state index in [9.17, 15) is 19.1 Å². The van der Waals surface area contributed by atoms with E-state index in [1.807, 2.05) is 6.92 Å². The fraction of sp³-hybridized carbons (Fsp3) is 0.500. The van der Waals surface area contributed by atoms with E-state index < -0.39 is 23.1 Å². The number of halogens is 1. The maximum Gasteiger partial charge on any atom is 0.311 e. The molecule has 4 nitrogen and oxygen atoms in total. The Morgan fingerprint density at radius 3 is 2.71 bits per heavy atom. The highest BCUT2D eigenvalue weighted by Gasteiger charge is 2.42. The van der Waals surface area contributed by atoms with E-state index in [-0.39, 0.29) is 12.1 Å². The molecule has 1 atom stereocenters. The second-order valence-corrected chi connectivity index (χ2v) is 5.75. The number of carboxylic acid groups (broad SMARTS) is 1. The van der Waals surface area contributed by atoms with Crippen molar-refractivity contribution in [2.24, 2.45) is 5.41 Å². The van der Waals surface area contributed by atoms with Crippen LogP contribution >= 0.6 is 0 Å². The van der Waals surface area contributed by atoms with Gasteiger partial charge >= 0.3 is 5.97 Å². The summed E-state index contributed by atoms with van der Waals surface area (Å²) in [5.41, 5.74) is -0.149. The Morgan fingerprint density at radius 1 is 1.43 bits per heavy atom. The molecule has 1 saturated heterocycles. The van der Waals surface area contributed by atoms with Gasteiger partial charge in [0.1, 0.15) is 5.82 Å². The highest BCUT2D eigenvalue weighted by atomic mass is 19.1. The van der Waals surface area contributed by atoms with Gasteiger partial charge in [-0.2, -0.15) is 0 Å². The van der Waals surface area contributed by atoms with Crippen molar-refractivity contribution in [1.82, 2.24) is 4.90 Å². The minimum absolute atomic E-state index is 0.0119. The van der Waals surface area contributed by atoms with Gasteiger partial charge in [0, 0.05) is 13.1 Å². The molecule has 1 heterocycles. The van der Waals surface area contributed by atoms with Gasteiger partial charge in [-0.15, -0.1) is 0 Å². The number of nitrogens with zero attached hydrogens (tertiary/aromatic N) is 1. The van der Waals surface area contributed by atoms with E-state index in [2.05, 4.69) is 0 Å². The van der Waals surface area contributed by atoms with Crippen molar-refractivity contribution >= 4 is 11.9 Å². The second kappa shape index (κ2) is 5.84. The van der Waals surface area contributed by atoms with Crippen LogP contribution in [0.1, 0.15) is 42.1 Å². The minimum Gasteiger partial charge on any atom is -0.481 e. The van der Waals surface area contributed by atoms with Crippen LogP contribution in [0.5, 0.6) is 0 Å². The first-order chi connectivity index (χ1) is 9.89. The third-order valence-electron chi connectivity index (χ3n) is 4.35. The van der Waals surface area contributed by atoms with E-state index in [1.54, 1.807) is 13.0 Å². The molecule has 21 heavy (non-hydrogen) atoms. The highest BCUT2D eigenvalue weighted by Crippen LogP contribution is 2.34. The number of aryl methyl sites for hydroxylation is 1. The number of carboxylic acids is 1. The Kier molecular flexibility index (Phi) is 4.30. The van der Waals surface area contributed by atoms with Gasteiger partial charge in [-0.25, -0.2) is 4.39 Å². The van der Waals surface area contributed by atoms with Gasteiger partial charge in [-0.3, -0.25) is 9.59 Å². The molecule has 1 aliphatic heterocycles. The molecule has 2 rings (SSSR count). The molecule has 0 saturated carbocycles. The smallest absolute Gasteiger partial charge is 0.311 e. The second-order valence-electron chi connectivity index (χ2n) is 5.75. The summed E-state index contributed by atoms with van der Waals surface area (Å²) in [5, 5.41) is 9.44. The van der Waals surface area contributed by atoms with E-state index in [0.717, 1.165) is 5.56 Å².